The van der Waals surface area contributed by atoms with Crippen molar-refractivity contribution in [1.29, 1.82) is 0 Å². The lowest BCUT2D eigenvalue weighted by molar-refractivity contribution is 0.0869. The number of amides is 1. The largest absolute Gasteiger partial charge is 0.394 e. The fourth-order valence-corrected chi connectivity index (χ4v) is 3.52. The number of carbonyl (C=O) groups excluding carboxylic acids is 1. The number of carbonyl (C=O) groups is 1. The minimum Gasteiger partial charge on any atom is -0.394 e. The molecule has 2 unspecified atom stereocenters. The number of rotatable bonds is 7. The van der Waals surface area contributed by atoms with Crippen molar-refractivity contribution in [3.05, 3.63) is 57.3 Å². The van der Waals surface area contributed by atoms with Crippen LogP contribution in [0.1, 0.15) is 45.1 Å². The first kappa shape index (κ1) is 17.7. The molecule has 0 aliphatic rings. The zero-order chi connectivity index (χ0) is 16.8. The van der Waals surface area contributed by atoms with Gasteiger partial charge in [-0.1, -0.05) is 37.3 Å². The summed E-state index contributed by atoms with van der Waals surface area (Å²) in [5.41, 5.74) is 1.90. The van der Waals surface area contributed by atoms with E-state index in [2.05, 4.69) is 12.2 Å². The maximum Gasteiger partial charge on any atom is 0.261 e. The van der Waals surface area contributed by atoms with E-state index >= 15 is 0 Å². The maximum atomic E-state index is 12.3. The number of aliphatic hydroxyl groups excluding tert-OH is 2. The Morgan fingerprint density at radius 3 is 2.57 bits per heavy atom. The lowest BCUT2D eigenvalue weighted by Gasteiger charge is -2.19. The molecule has 0 aliphatic carbocycles. The predicted octanol–water partition coefficient (Wildman–Crippen LogP) is 2.83. The molecule has 0 bridgehead atoms. The zero-order valence-corrected chi connectivity index (χ0v) is 14.3. The van der Waals surface area contributed by atoms with Crippen LogP contribution < -0.4 is 5.32 Å². The van der Waals surface area contributed by atoms with E-state index in [4.69, 9.17) is 0 Å². The standard InChI is InChI=1S/C18H23NO3S/c1-3-16-12(2)9-17(23-16)18(22)19-14(11-20)10-15(21)13-7-5-4-6-8-13/h4-9,14-15,20-21H,3,10-11H2,1-2H3,(H,19,22). The van der Waals surface area contributed by atoms with E-state index in [1.54, 1.807) is 0 Å². The number of thiophene rings is 1. The number of aliphatic hydroxyl groups is 2. The molecular weight excluding hydrogens is 310 g/mol. The molecular formula is C18H23NO3S. The Morgan fingerprint density at radius 1 is 1.30 bits per heavy atom. The van der Waals surface area contributed by atoms with E-state index in [0.717, 1.165) is 17.5 Å². The second-order valence-corrected chi connectivity index (χ2v) is 6.72. The highest BCUT2D eigenvalue weighted by Crippen LogP contribution is 2.23. The van der Waals surface area contributed by atoms with Crippen LogP contribution in [0.2, 0.25) is 0 Å². The number of benzene rings is 1. The number of hydrogen-bond acceptors (Lipinski definition) is 4. The van der Waals surface area contributed by atoms with Crippen LogP contribution in [0.3, 0.4) is 0 Å². The molecule has 0 fully saturated rings. The van der Waals surface area contributed by atoms with Crippen molar-refractivity contribution in [2.75, 3.05) is 6.61 Å². The molecule has 2 rings (SSSR count). The second kappa shape index (κ2) is 8.24. The molecule has 1 aromatic heterocycles. The lowest BCUT2D eigenvalue weighted by Crippen LogP contribution is -2.38. The van der Waals surface area contributed by atoms with Crippen LogP contribution in [-0.4, -0.2) is 28.8 Å². The van der Waals surface area contributed by atoms with Crippen molar-refractivity contribution in [2.24, 2.45) is 0 Å². The fraction of sp³-hybridized carbons (Fsp3) is 0.389. The molecule has 0 saturated heterocycles. The number of aryl methyl sites for hydroxylation is 2. The van der Waals surface area contributed by atoms with Gasteiger partial charge in [0.05, 0.1) is 23.6 Å². The Balaban J connectivity index is 1.99. The van der Waals surface area contributed by atoms with E-state index in [1.807, 2.05) is 43.3 Å². The van der Waals surface area contributed by atoms with Gasteiger partial charge in [0, 0.05) is 4.88 Å². The molecule has 2 atom stereocenters. The van der Waals surface area contributed by atoms with Gasteiger partial charge in [-0.05, 0) is 37.0 Å². The second-order valence-electron chi connectivity index (χ2n) is 5.59. The van der Waals surface area contributed by atoms with Gasteiger partial charge in [0.2, 0.25) is 0 Å². The molecule has 0 spiro atoms. The van der Waals surface area contributed by atoms with Crippen LogP contribution in [0.4, 0.5) is 0 Å². The van der Waals surface area contributed by atoms with Crippen LogP contribution in [0.5, 0.6) is 0 Å². The van der Waals surface area contributed by atoms with E-state index in [1.165, 1.54) is 16.2 Å². The fourth-order valence-electron chi connectivity index (χ4n) is 2.50. The minimum absolute atomic E-state index is 0.197. The highest BCUT2D eigenvalue weighted by molar-refractivity contribution is 7.14. The van der Waals surface area contributed by atoms with Crippen LogP contribution in [0, 0.1) is 6.92 Å². The smallest absolute Gasteiger partial charge is 0.261 e. The Labute approximate surface area is 140 Å². The Kier molecular flexibility index (Phi) is 6.33. The quantitative estimate of drug-likeness (QED) is 0.730. The summed E-state index contributed by atoms with van der Waals surface area (Å²) in [5.74, 6) is -0.197. The maximum absolute atomic E-state index is 12.3. The first-order chi connectivity index (χ1) is 11.0. The van der Waals surface area contributed by atoms with Crippen LogP contribution in [0.15, 0.2) is 36.4 Å². The topological polar surface area (TPSA) is 69.6 Å². The van der Waals surface area contributed by atoms with E-state index < -0.39 is 12.1 Å². The van der Waals surface area contributed by atoms with Crippen molar-refractivity contribution in [1.82, 2.24) is 5.32 Å². The van der Waals surface area contributed by atoms with E-state index in [0.29, 0.717) is 4.88 Å². The normalized spacial score (nSPS) is 13.6. The van der Waals surface area contributed by atoms with E-state index in [9.17, 15) is 15.0 Å². The molecule has 1 amide bonds. The number of nitrogens with one attached hydrogen (secondary N) is 1. The summed E-state index contributed by atoms with van der Waals surface area (Å²) in [6.07, 6.45) is 0.460. The van der Waals surface area contributed by atoms with Crippen molar-refractivity contribution < 1.29 is 15.0 Å². The van der Waals surface area contributed by atoms with Crippen LogP contribution >= 0.6 is 11.3 Å². The third kappa shape index (κ3) is 4.64. The van der Waals surface area contributed by atoms with Gasteiger partial charge in [-0.25, -0.2) is 0 Å². The van der Waals surface area contributed by atoms with Crippen molar-refractivity contribution in [3.63, 3.8) is 0 Å². The molecule has 5 heteroatoms. The molecule has 0 aliphatic heterocycles. The Hall–Kier alpha value is -1.69. The van der Waals surface area contributed by atoms with Crippen molar-refractivity contribution in [3.8, 4) is 0 Å². The molecule has 0 radical (unpaired) electrons. The first-order valence-electron chi connectivity index (χ1n) is 7.79. The molecule has 1 heterocycles. The van der Waals surface area contributed by atoms with Gasteiger partial charge in [-0.2, -0.15) is 0 Å². The molecule has 124 valence electrons. The monoisotopic (exact) mass is 333 g/mol. The Morgan fingerprint density at radius 2 is 2.00 bits per heavy atom. The van der Waals surface area contributed by atoms with Gasteiger partial charge in [0.25, 0.3) is 5.91 Å². The zero-order valence-electron chi connectivity index (χ0n) is 13.5. The SMILES string of the molecule is CCc1sc(C(=O)NC(CO)CC(O)c2ccccc2)cc1C. The van der Waals surface area contributed by atoms with E-state index in [-0.39, 0.29) is 18.9 Å². The molecule has 3 N–H and O–H groups in total. The minimum atomic E-state index is -0.718. The molecule has 4 nitrogen and oxygen atoms in total. The first-order valence-corrected chi connectivity index (χ1v) is 8.60. The third-order valence-corrected chi connectivity index (χ3v) is 5.19. The summed E-state index contributed by atoms with van der Waals surface area (Å²) in [5, 5.41) is 22.5. The van der Waals surface area contributed by atoms with Crippen molar-refractivity contribution >= 4 is 17.2 Å². The van der Waals surface area contributed by atoms with Gasteiger partial charge in [0.15, 0.2) is 0 Å². The third-order valence-electron chi connectivity index (χ3n) is 3.81. The summed E-state index contributed by atoms with van der Waals surface area (Å²) >= 11 is 1.48. The molecule has 2 aromatic rings. The van der Waals surface area contributed by atoms with Crippen molar-refractivity contribution in [2.45, 2.75) is 38.8 Å². The van der Waals surface area contributed by atoms with Gasteiger partial charge in [-0.15, -0.1) is 11.3 Å². The summed E-state index contributed by atoms with van der Waals surface area (Å²) in [7, 11) is 0. The lowest BCUT2D eigenvalue weighted by atomic mass is 10.0. The Bertz CT molecular complexity index is 639. The average Bonchev–Trinajstić information content (AvgIpc) is 2.96. The van der Waals surface area contributed by atoms with Crippen LogP contribution in [-0.2, 0) is 6.42 Å². The van der Waals surface area contributed by atoms with Gasteiger partial charge < -0.3 is 15.5 Å². The number of hydrogen-bond donors (Lipinski definition) is 3. The van der Waals surface area contributed by atoms with Gasteiger partial charge in [-0.3, -0.25) is 4.79 Å². The highest BCUT2D eigenvalue weighted by Gasteiger charge is 2.19. The predicted molar refractivity (Wildman–Crippen MR) is 92.8 cm³/mol. The average molecular weight is 333 g/mol. The molecule has 1 aromatic carbocycles. The van der Waals surface area contributed by atoms with Crippen LogP contribution in [0.25, 0.3) is 0 Å². The summed E-state index contributed by atoms with van der Waals surface area (Å²) in [6.45, 7) is 3.85. The summed E-state index contributed by atoms with van der Waals surface area (Å²) < 4.78 is 0. The highest BCUT2D eigenvalue weighted by atomic mass is 32.1. The van der Waals surface area contributed by atoms with Gasteiger partial charge >= 0.3 is 0 Å². The molecule has 0 saturated carbocycles. The van der Waals surface area contributed by atoms with Gasteiger partial charge in [0.1, 0.15) is 0 Å². The summed E-state index contributed by atoms with van der Waals surface area (Å²) in [4.78, 5) is 14.2. The molecule has 23 heavy (non-hydrogen) atoms. The summed E-state index contributed by atoms with van der Waals surface area (Å²) in [6, 6.07) is 10.6.